The Balaban J connectivity index is 1.32. The second-order valence-electron chi connectivity index (χ2n) is 9.93. The smallest absolute Gasteiger partial charge is 0.145 e. The van der Waals surface area contributed by atoms with Crippen molar-refractivity contribution in [1.82, 2.24) is 18.8 Å². The Morgan fingerprint density at radius 3 is 1.33 bits per heavy atom. The summed E-state index contributed by atoms with van der Waals surface area (Å²) < 4.78 is 4.48. The summed E-state index contributed by atoms with van der Waals surface area (Å²) in [5.41, 5.74) is 8.70. The van der Waals surface area contributed by atoms with Crippen molar-refractivity contribution in [2.24, 2.45) is 0 Å². The van der Waals surface area contributed by atoms with E-state index in [2.05, 4.69) is 118 Å². The van der Waals surface area contributed by atoms with Gasteiger partial charge >= 0.3 is 0 Å². The summed E-state index contributed by atoms with van der Waals surface area (Å²) in [7, 11) is 0. The minimum absolute atomic E-state index is 0.996. The molecule has 0 aliphatic heterocycles. The highest BCUT2D eigenvalue weighted by Gasteiger charge is 2.17. The first-order valence-corrected chi connectivity index (χ1v) is 13.8. The molecule has 0 fully saturated rings. The van der Waals surface area contributed by atoms with Gasteiger partial charge < -0.3 is 0 Å². The van der Waals surface area contributed by atoms with E-state index < -0.39 is 0 Å². The average molecular weight is 517 g/mol. The predicted octanol–water partition coefficient (Wildman–Crippen LogP) is 8.99. The predicted molar refractivity (Wildman–Crippen MR) is 163 cm³/mol. The molecule has 0 aliphatic carbocycles. The van der Waals surface area contributed by atoms with Crippen LogP contribution in [0.4, 0.5) is 0 Å². The highest BCUT2D eigenvalue weighted by Crippen LogP contribution is 2.42. The Kier molecular flexibility index (Phi) is 4.18. The van der Waals surface area contributed by atoms with Crippen molar-refractivity contribution in [2.75, 3.05) is 0 Å². The second kappa shape index (κ2) is 7.76. The number of pyridine rings is 2. The van der Waals surface area contributed by atoms with E-state index in [1.807, 2.05) is 23.5 Å². The number of nitrogens with zero attached hydrogens (tertiary/aromatic N) is 4. The number of thiophene rings is 1. The molecule has 5 heterocycles. The van der Waals surface area contributed by atoms with Crippen LogP contribution in [0.1, 0.15) is 0 Å². The van der Waals surface area contributed by atoms with Crippen LogP contribution in [0.2, 0.25) is 0 Å². The number of fused-ring (bicyclic) bond motifs is 10. The van der Waals surface area contributed by atoms with Crippen molar-refractivity contribution in [3.8, 4) is 20.9 Å². The first kappa shape index (κ1) is 21.0. The minimum atomic E-state index is 0.996. The Bertz CT molecular complexity index is 2240. The first-order valence-electron chi connectivity index (χ1n) is 13.0. The standard InChI is InChI=1S/C34H20N4S/c1-3-11-23-21(9-1)25(19-37-29-15-7-5-13-27(29)35-33(23)37)31-17-18-32(39-31)26-20-38-30-16-8-6-14-28(30)36-34(38)24-12-4-2-10-22(24)26/h1-20H. The quantitative estimate of drug-likeness (QED) is 0.230. The van der Waals surface area contributed by atoms with Crippen LogP contribution < -0.4 is 0 Å². The van der Waals surface area contributed by atoms with Crippen LogP contribution >= 0.6 is 11.3 Å². The van der Waals surface area contributed by atoms with Gasteiger partial charge in [0.2, 0.25) is 0 Å². The molecule has 4 nitrogen and oxygen atoms in total. The lowest BCUT2D eigenvalue weighted by molar-refractivity contribution is 1.25. The van der Waals surface area contributed by atoms with E-state index in [9.17, 15) is 0 Å². The molecule has 0 atom stereocenters. The van der Waals surface area contributed by atoms with Gasteiger partial charge in [-0.3, -0.25) is 8.80 Å². The van der Waals surface area contributed by atoms with Crippen molar-refractivity contribution >= 4 is 66.2 Å². The highest BCUT2D eigenvalue weighted by molar-refractivity contribution is 7.19. The highest BCUT2D eigenvalue weighted by atomic mass is 32.1. The van der Waals surface area contributed by atoms with E-state index >= 15 is 0 Å². The van der Waals surface area contributed by atoms with Crippen molar-refractivity contribution in [3.05, 3.63) is 122 Å². The first-order chi connectivity index (χ1) is 19.3. The number of rotatable bonds is 2. The summed E-state index contributed by atoms with van der Waals surface area (Å²) in [5, 5.41) is 4.76. The molecule has 0 amide bonds. The summed E-state index contributed by atoms with van der Waals surface area (Å²) in [6.07, 6.45) is 4.51. The van der Waals surface area contributed by atoms with Gasteiger partial charge in [-0.05, 0) is 47.2 Å². The van der Waals surface area contributed by atoms with Crippen molar-refractivity contribution in [2.45, 2.75) is 0 Å². The number of hydrogen-bond acceptors (Lipinski definition) is 3. The van der Waals surface area contributed by atoms with Crippen molar-refractivity contribution in [1.29, 1.82) is 0 Å². The van der Waals surface area contributed by atoms with E-state index in [-0.39, 0.29) is 0 Å². The third-order valence-corrected chi connectivity index (χ3v) is 8.91. The molecule has 0 N–H and O–H groups in total. The van der Waals surface area contributed by atoms with Gasteiger partial charge in [-0.25, -0.2) is 9.97 Å². The van der Waals surface area contributed by atoms with Crippen molar-refractivity contribution < 1.29 is 0 Å². The largest absolute Gasteiger partial charge is 0.298 e. The van der Waals surface area contributed by atoms with E-state index in [1.165, 1.54) is 31.7 Å². The monoisotopic (exact) mass is 516 g/mol. The van der Waals surface area contributed by atoms with Crippen molar-refractivity contribution in [3.63, 3.8) is 0 Å². The molecular formula is C34H20N4S. The number of para-hydroxylation sites is 4. The van der Waals surface area contributed by atoms with Gasteiger partial charge in [0.25, 0.3) is 0 Å². The third-order valence-electron chi connectivity index (χ3n) is 7.76. The van der Waals surface area contributed by atoms with Crippen LogP contribution in [0, 0.1) is 0 Å². The van der Waals surface area contributed by atoms with Gasteiger partial charge in [0, 0.05) is 44.0 Å². The Morgan fingerprint density at radius 1 is 0.436 bits per heavy atom. The Labute approximate surface area is 227 Å². The normalized spacial score (nSPS) is 12.1. The van der Waals surface area contributed by atoms with Crippen LogP contribution in [-0.4, -0.2) is 18.8 Å². The molecule has 5 aromatic heterocycles. The molecule has 4 aromatic carbocycles. The maximum Gasteiger partial charge on any atom is 0.145 e. The number of aromatic nitrogens is 4. The average Bonchev–Trinajstić information content (AvgIpc) is 3.72. The molecule has 0 saturated carbocycles. The molecule has 0 saturated heterocycles. The molecule has 9 aromatic rings. The lowest BCUT2D eigenvalue weighted by Crippen LogP contribution is -1.90. The Hall–Kier alpha value is -5.00. The molecule has 39 heavy (non-hydrogen) atoms. The molecule has 0 aliphatic rings. The summed E-state index contributed by atoms with van der Waals surface area (Å²) in [4.78, 5) is 12.4. The fourth-order valence-electron chi connectivity index (χ4n) is 5.97. The van der Waals surface area contributed by atoms with Crippen LogP contribution in [0.25, 0.3) is 75.8 Å². The molecule has 182 valence electrons. The lowest BCUT2D eigenvalue weighted by Gasteiger charge is -2.09. The van der Waals surface area contributed by atoms with Gasteiger partial charge in [-0.2, -0.15) is 0 Å². The molecule has 9 rings (SSSR count). The topological polar surface area (TPSA) is 34.6 Å². The summed E-state index contributed by atoms with van der Waals surface area (Å²) in [6.45, 7) is 0. The molecule has 0 radical (unpaired) electrons. The fraction of sp³-hybridized carbons (Fsp3) is 0. The molecule has 0 bridgehead atoms. The van der Waals surface area contributed by atoms with Crippen LogP contribution in [0.5, 0.6) is 0 Å². The number of benzene rings is 4. The number of imidazole rings is 2. The maximum absolute atomic E-state index is 4.97. The van der Waals surface area contributed by atoms with Crippen LogP contribution in [0.3, 0.4) is 0 Å². The SMILES string of the molecule is c1ccc2c(c1)nc1c3ccccc3c(-c3ccc(-c4cn5c6ccccc6nc5c5ccccc45)s3)cn21. The second-order valence-corrected chi connectivity index (χ2v) is 11.0. The molecule has 0 spiro atoms. The summed E-state index contributed by atoms with van der Waals surface area (Å²) in [5.74, 6) is 0. The fourth-order valence-corrected chi connectivity index (χ4v) is 7.03. The summed E-state index contributed by atoms with van der Waals surface area (Å²) in [6, 6.07) is 38.5. The number of hydrogen-bond donors (Lipinski definition) is 0. The van der Waals surface area contributed by atoms with Gasteiger partial charge in [0.1, 0.15) is 11.3 Å². The summed E-state index contributed by atoms with van der Waals surface area (Å²) >= 11 is 1.83. The molecule has 0 unspecified atom stereocenters. The van der Waals surface area contributed by atoms with Crippen LogP contribution in [-0.2, 0) is 0 Å². The van der Waals surface area contributed by atoms with E-state index in [0.717, 1.165) is 44.1 Å². The molecular weight excluding hydrogens is 496 g/mol. The van der Waals surface area contributed by atoms with Gasteiger partial charge in [-0.15, -0.1) is 11.3 Å². The van der Waals surface area contributed by atoms with Gasteiger partial charge in [0.15, 0.2) is 0 Å². The maximum atomic E-state index is 4.97. The van der Waals surface area contributed by atoms with E-state index in [1.54, 1.807) is 0 Å². The van der Waals surface area contributed by atoms with Crippen LogP contribution in [0.15, 0.2) is 122 Å². The third kappa shape index (κ3) is 2.93. The van der Waals surface area contributed by atoms with E-state index in [0.29, 0.717) is 0 Å². The molecule has 5 heteroatoms. The van der Waals surface area contributed by atoms with E-state index in [4.69, 9.17) is 9.97 Å². The zero-order chi connectivity index (χ0) is 25.5. The lowest BCUT2D eigenvalue weighted by atomic mass is 10.1. The zero-order valence-electron chi connectivity index (χ0n) is 20.7. The van der Waals surface area contributed by atoms with Gasteiger partial charge in [0.05, 0.1) is 22.1 Å². The van der Waals surface area contributed by atoms with Gasteiger partial charge in [-0.1, -0.05) is 72.8 Å². The minimum Gasteiger partial charge on any atom is -0.298 e. The zero-order valence-corrected chi connectivity index (χ0v) is 21.6. The Morgan fingerprint density at radius 2 is 0.846 bits per heavy atom.